The third-order valence-corrected chi connectivity index (χ3v) is 4.61. The molecule has 0 aromatic heterocycles. The van der Waals surface area contributed by atoms with Crippen LogP contribution in [0.25, 0.3) is 0 Å². The highest BCUT2D eigenvalue weighted by Gasteiger charge is 2.40. The average molecular weight is 238 g/mol. The van der Waals surface area contributed by atoms with Gasteiger partial charge < -0.3 is 10.1 Å². The van der Waals surface area contributed by atoms with Crippen molar-refractivity contribution in [3.05, 3.63) is 0 Å². The molecule has 2 saturated carbocycles. The lowest BCUT2D eigenvalue weighted by atomic mass is 9.88. The normalized spacial score (nSPS) is 42.7. The van der Waals surface area contributed by atoms with Crippen molar-refractivity contribution in [3.63, 3.8) is 0 Å². The molecule has 3 aliphatic rings. The van der Waals surface area contributed by atoms with E-state index in [2.05, 4.69) is 24.1 Å². The first-order chi connectivity index (χ1) is 8.26. The number of hydrogen-bond donors (Lipinski definition) is 1. The second-order valence-corrected chi connectivity index (χ2v) is 6.12. The van der Waals surface area contributed by atoms with Gasteiger partial charge in [0, 0.05) is 37.3 Å². The number of ether oxygens (including phenoxy) is 1. The Kier molecular flexibility index (Phi) is 3.42. The predicted octanol–water partition coefficient (Wildman–Crippen LogP) is 1.77. The molecule has 0 aromatic rings. The van der Waals surface area contributed by atoms with E-state index in [9.17, 15) is 0 Å². The lowest BCUT2D eigenvalue weighted by Gasteiger charge is -2.37. The fourth-order valence-corrected chi connectivity index (χ4v) is 3.50. The number of likely N-dealkylation sites (tertiary alicyclic amines) is 1. The van der Waals surface area contributed by atoms with E-state index in [-0.39, 0.29) is 0 Å². The SMILES string of the molecule is CCOC1CC(NC2CC(C)N(C3CC3)C2)C1. The summed E-state index contributed by atoms with van der Waals surface area (Å²) < 4.78 is 5.61. The van der Waals surface area contributed by atoms with Gasteiger partial charge in [0.05, 0.1) is 6.10 Å². The van der Waals surface area contributed by atoms with Gasteiger partial charge >= 0.3 is 0 Å². The van der Waals surface area contributed by atoms with Gasteiger partial charge in [-0.1, -0.05) is 0 Å². The van der Waals surface area contributed by atoms with Gasteiger partial charge in [-0.15, -0.1) is 0 Å². The molecule has 0 radical (unpaired) electrons. The van der Waals surface area contributed by atoms with Crippen molar-refractivity contribution in [1.82, 2.24) is 10.2 Å². The lowest BCUT2D eigenvalue weighted by Crippen LogP contribution is -2.50. The highest BCUT2D eigenvalue weighted by atomic mass is 16.5. The van der Waals surface area contributed by atoms with Crippen LogP contribution in [-0.2, 0) is 4.74 Å². The summed E-state index contributed by atoms with van der Waals surface area (Å²) in [5, 5.41) is 3.83. The lowest BCUT2D eigenvalue weighted by molar-refractivity contribution is -0.0121. The minimum atomic E-state index is 0.538. The number of nitrogens with zero attached hydrogens (tertiary/aromatic N) is 1. The van der Waals surface area contributed by atoms with Crippen LogP contribution < -0.4 is 5.32 Å². The summed E-state index contributed by atoms with van der Waals surface area (Å²) in [5.74, 6) is 0. The summed E-state index contributed by atoms with van der Waals surface area (Å²) in [6, 6.07) is 3.18. The number of rotatable bonds is 5. The highest BCUT2D eigenvalue weighted by Crippen LogP contribution is 2.34. The quantitative estimate of drug-likeness (QED) is 0.790. The summed E-state index contributed by atoms with van der Waals surface area (Å²) in [6.07, 6.45) is 7.20. The van der Waals surface area contributed by atoms with Gasteiger partial charge in [-0.05, 0) is 46.0 Å². The van der Waals surface area contributed by atoms with E-state index in [4.69, 9.17) is 4.74 Å². The molecule has 3 nitrogen and oxygen atoms in total. The Morgan fingerprint density at radius 2 is 1.94 bits per heavy atom. The van der Waals surface area contributed by atoms with E-state index in [1.54, 1.807) is 0 Å². The Hall–Kier alpha value is -0.120. The number of nitrogens with one attached hydrogen (secondary N) is 1. The van der Waals surface area contributed by atoms with Crippen LogP contribution in [0.3, 0.4) is 0 Å². The molecule has 98 valence electrons. The van der Waals surface area contributed by atoms with Gasteiger partial charge in [-0.2, -0.15) is 0 Å². The predicted molar refractivity (Wildman–Crippen MR) is 69.2 cm³/mol. The molecule has 0 amide bonds. The Labute approximate surface area is 105 Å². The zero-order chi connectivity index (χ0) is 11.8. The molecule has 2 atom stereocenters. The molecule has 3 heteroatoms. The monoisotopic (exact) mass is 238 g/mol. The summed E-state index contributed by atoms with van der Waals surface area (Å²) in [5.41, 5.74) is 0. The van der Waals surface area contributed by atoms with E-state index in [1.165, 1.54) is 38.6 Å². The van der Waals surface area contributed by atoms with Crippen LogP contribution in [-0.4, -0.2) is 48.3 Å². The van der Waals surface area contributed by atoms with Crippen LogP contribution in [0.5, 0.6) is 0 Å². The summed E-state index contributed by atoms with van der Waals surface area (Å²) in [7, 11) is 0. The molecular formula is C14H26N2O. The maximum absolute atomic E-state index is 5.61. The third-order valence-electron chi connectivity index (χ3n) is 4.61. The van der Waals surface area contributed by atoms with Crippen molar-refractivity contribution in [2.75, 3.05) is 13.2 Å². The van der Waals surface area contributed by atoms with Crippen molar-refractivity contribution in [2.45, 2.75) is 76.2 Å². The zero-order valence-electron chi connectivity index (χ0n) is 11.2. The first kappa shape index (κ1) is 11.9. The van der Waals surface area contributed by atoms with Crippen LogP contribution in [0, 0.1) is 0 Å². The Morgan fingerprint density at radius 3 is 2.59 bits per heavy atom. The fraction of sp³-hybridized carbons (Fsp3) is 1.00. The van der Waals surface area contributed by atoms with Gasteiger partial charge in [-0.25, -0.2) is 0 Å². The summed E-state index contributed by atoms with van der Waals surface area (Å²) >= 11 is 0. The Balaban J connectivity index is 1.39. The maximum Gasteiger partial charge on any atom is 0.0604 e. The minimum absolute atomic E-state index is 0.538. The minimum Gasteiger partial charge on any atom is -0.378 e. The van der Waals surface area contributed by atoms with Crippen molar-refractivity contribution < 1.29 is 4.74 Å². The summed E-state index contributed by atoms with van der Waals surface area (Å²) in [4.78, 5) is 2.72. The summed E-state index contributed by atoms with van der Waals surface area (Å²) in [6.45, 7) is 6.63. The number of hydrogen-bond acceptors (Lipinski definition) is 3. The molecule has 0 spiro atoms. The molecule has 2 unspecified atom stereocenters. The van der Waals surface area contributed by atoms with E-state index in [0.29, 0.717) is 6.10 Å². The molecule has 0 aromatic carbocycles. The largest absolute Gasteiger partial charge is 0.378 e. The highest BCUT2D eigenvalue weighted by molar-refractivity contribution is 4.98. The van der Waals surface area contributed by atoms with E-state index < -0.39 is 0 Å². The molecule has 17 heavy (non-hydrogen) atoms. The van der Waals surface area contributed by atoms with E-state index >= 15 is 0 Å². The second-order valence-electron chi connectivity index (χ2n) is 6.12. The fourth-order valence-electron chi connectivity index (χ4n) is 3.50. The van der Waals surface area contributed by atoms with Gasteiger partial charge in [-0.3, -0.25) is 4.90 Å². The van der Waals surface area contributed by atoms with Crippen LogP contribution in [0.1, 0.15) is 46.0 Å². The smallest absolute Gasteiger partial charge is 0.0604 e. The van der Waals surface area contributed by atoms with Crippen LogP contribution in [0.4, 0.5) is 0 Å². The second kappa shape index (κ2) is 4.87. The third kappa shape index (κ3) is 2.67. The van der Waals surface area contributed by atoms with Gasteiger partial charge in [0.2, 0.25) is 0 Å². The zero-order valence-corrected chi connectivity index (χ0v) is 11.2. The Bertz CT molecular complexity index is 261. The molecule has 3 rings (SSSR count). The molecule has 3 fully saturated rings. The van der Waals surface area contributed by atoms with Crippen LogP contribution in [0.2, 0.25) is 0 Å². The average Bonchev–Trinajstić information content (AvgIpc) is 3.01. The van der Waals surface area contributed by atoms with E-state index in [1.807, 2.05) is 0 Å². The molecule has 1 aliphatic heterocycles. The molecule has 1 saturated heterocycles. The molecule has 1 heterocycles. The standard InChI is InChI=1S/C14H26N2O/c1-3-17-14-7-11(8-14)15-12-6-10(2)16(9-12)13-4-5-13/h10-15H,3-9H2,1-2H3. The molecule has 0 bridgehead atoms. The van der Waals surface area contributed by atoms with Crippen molar-refractivity contribution >= 4 is 0 Å². The van der Waals surface area contributed by atoms with Crippen LogP contribution >= 0.6 is 0 Å². The van der Waals surface area contributed by atoms with E-state index in [0.717, 1.165) is 30.8 Å². The van der Waals surface area contributed by atoms with Crippen molar-refractivity contribution in [3.8, 4) is 0 Å². The van der Waals surface area contributed by atoms with Crippen LogP contribution in [0.15, 0.2) is 0 Å². The van der Waals surface area contributed by atoms with Gasteiger partial charge in [0.1, 0.15) is 0 Å². The first-order valence-corrected chi connectivity index (χ1v) is 7.39. The maximum atomic E-state index is 5.61. The molecule has 2 aliphatic carbocycles. The Morgan fingerprint density at radius 1 is 1.18 bits per heavy atom. The van der Waals surface area contributed by atoms with Gasteiger partial charge in [0.15, 0.2) is 0 Å². The molecule has 1 N–H and O–H groups in total. The van der Waals surface area contributed by atoms with Gasteiger partial charge in [0.25, 0.3) is 0 Å². The first-order valence-electron chi connectivity index (χ1n) is 7.39. The van der Waals surface area contributed by atoms with Crippen molar-refractivity contribution in [2.24, 2.45) is 0 Å². The topological polar surface area (TPSA) is 24.5 Å². The van der Waals surface area contributed by atoms with Crippen molar-refractivity contribution in [1.29, 1.82) is 0 Å². The molecular weight excluding hydrogens is 212 g/mol.